The van der Waals surface area contributed by atoms with Gasteiger partial charge in [0, 0.05) is 46.7 Å². The normalized spacial score (nSPS) is 13.8. The number of rotatable bonds is 7. The van der Waals surface area contributed by atoms with Crippen LogP contribution in [0.2, 0.25) is 5.02 Å². The van der Waals surface area contributed by atoms with E-state index >= 15 is 0 Å². The van der Waals surface area contributed by atoms with Crippen molar-refractivity contribution in [3.8, 4) is 0 Å². The van der Waals surface area contributed by atoms with Crippen molar-refractivity contribution in [1.82, 2.24) is 15.2 Å². The predicted octanol–water partition coefficient (Wildman–Crippen LogP) is 3.60. The maximum atomic E-state index is 13.2. The van der Waals surface area contributed by atoms with Crippen LogP contribution in [0.3, 0.4) is 0 Å². The maximum Gasteiger partial charge on any atom is 0.251 e. The lowest BCUT2D eigenvalue weighted by molar-refractivity contribution is -0.112. The lowest BCUT2D eigenvalue weighted by Crippen LogP contribution is -2.42. The monoisotopic (exact) mass is 480 g/mol. The molecule has 2 N–H and O–H groups in total. The Morgan fingerprint density at radius 2 is 1.97 bits per heavy atom. The third-order valence-electron chi connectivity index (χ3n) is 5.09. The summed E-state index contributed by atoms with van der Waals surface area (Å²) in [6.45, 7) is 0.657. The van der Waals surface area contributed by atoms with Crippen LogP contribution in [-0.2, 0) is 11.2 Å². The first-order valence-electron chi connectivity index (χ1n) is 10.3. The number of nitrogens with one attached hydrogen (secondary N) is 2. The average molecular weight is 481 g/mol. The number of hydrogen-bond acceptors (Lipinski definition) is 6. The zero-order valence-corrected chi connectivity index (χ0v) is 19.1. The van der Waals surface area contributed by atoms with Crippen LogP contribution in [0.1, 0.15) is 15.9 Å². The maximum absolute atomic E-state index is 13.2. The fourth-order valence-electron chi connectivity index (χ4n) is 3.46. The molecule has 33 heavy (non-hydrogen) atoms. The third kappa shape index (κ3) is 5.91. The van der Waals surface area contributed by atoms with Gasteiger partial charge in [0.2, 0.25) is 10.7 Å². The zero-order chi connectivity index (χ0) is 23.2. The van der Waals surface area contributed by atoms with Crippen LogP contribution in [0.4, 0.5) is 0 Å². The molecule has 1 unspecified atom stereocenters. The second-order valence-corrected chi connectivity index (χ2v) is 8.84. The Bertz CT molecular complexity index is 1290. The molecule has 9 heteroatoms. The van der Waals surface area contributed by atoms with Gasteiger partial charge in [-0.05, 0) is 42.0 Å². The van der Waals surface area contributed by atoms with E-state index in [0.29, 0.717) is 34.1 Å². The Labute approximate surface area is 199 Å². The molecule has 2 aromatic carbocycles. The fraction of sp³-hybridized carbons (Fsp3) is 0.167. The van der Waals surface area contributed by atoms with E-state index in [9.17, 15) is 14.4 Å². The van der Waals surface area contributed by atoms with E-state index in [1.165, 1.54) is 6.07 Å². The summed E-state index contributed by atoms with van der Waals surface area (Å²) in [5.74, 6) is 0.0121. The lowest BCUT2D eigenvalue weighted by Gasteiger charge is -2.22. The van der Waals surface area contributed by atoms with Gasteiger partial charge in [0.25, 0.3) is 5.91 Å². The van der Waals surface area contributed by atoms with Crippen LogP contribution in [0.25, 0.3) is 10.9 Å². The SMILES string of the molecule is O=C(NC(Cc1cc(=O)[nH]c2ccccc12)C(=O)SCN1C=NC=CC1)c1ccc(Cl)cc1. The number of H-pyrrole nitrogens is 1. The number of carbonyl (C=O) groups is 2. The number of halogens is 1. The number of benzene rings is 2. The first-order valence-corrected chi connectivity index (χ1v) is 11.6. The predicted molar refractivity (Wildman–Crippen MR) is 133 cm³/mol. The second-order valence-electron chi connectivity index (χ2n) is 7.45. The van der Waals surface area contributed by atoms with Gasteiger partial charge >= 0.3 is 0 Å². The standard InChI is InChI=1S/C24H21ClN4O3S/c25-18-8-6-16(7-9-18)23(31)28-21(24(32)33-15-29-11-3-10-26-14-29)12-17-13-22(30)27-20-5-2-1-4-19(17)20/h1-10,13-14,21H,11-12,15H2,(H,27,30)(H,28,31). The Morgan fingerprint density at radius 1 is 1.18 bits per heavy atom. The summed E-state index contributed by atoms with van der Waals surface area (Å²) in [6.07, 6.45) is 5.46. The summed E-state index contributed by atoms with van der Waals surface area (Å²) in [5, 5.41) is 3.98. The van der Waals surface area contributed by atoms with Gasteiger partial charge in [0.1, 0.15) is 6.04 Å². The molecule has 1 atom stereocenters. The van der Waals surface area contributed by atoms with Crippen LogP contribution in [0, 0.1) is 0 Å². The quantitative estimate of drug-likeness (QED) is 0.539. The highest BCUT2D eigenvalue weighted by Crippen LogP contribution is 2.19. The van der Waals surface area contributed by atoms with Crippen LogP contribution in [0.15, 0.2) is 76.7 Å². The summed E-state index contributed by atoms with van der Waals surface area (Å²) in [6, 6.07) is 14.5. The van der Waals surface area contributed by atoms with E-state index in [1.807, 2.05) is 29.2 Å². The molecule has 0 saturated heterocycles. The van der Waals surface area contributed by atoms with Crippen molar-refractivity contribution in [2.24, 2.45) is 4.99 Å². The summed E-state index contributed by atoms with van der Waals surface area (Å²) in [5.41, 5.74) is 1.50. The highest BCUT2D eigenvalue weighted by Gasteiger charge is 2.24. The van der Waals surface area contributed by atoms with Crippen LogP contribution in [0.5, 0.6) is 0 Å². The number of fused-ring (bicyclic) bond motifs is 1. The summed E-state index contributed by atoms with van der Waals surface area (Å²) >= 11 is 7.02. The largest absolute Gasteiger partial charge is 0.349 e. The molecule has 3 aromatic rings. The Morgan fingerprint density at radius 3 is 2.73 bits per heavy atom. The molecule has 0 fully saturated rings. The number of carbonyl (C=O) groups excluding carboxylic acids is 2. The zero-order valence-electron chi connectivity index (χ0n) is 17.5. The molecule has 0 radical (unpaired) electrons. The van der Waals surface area contributed by atoms with Crippen molar-refractivity contribution in [3.05, 3.63) is 93.4 Å². The minimum absolute atomic E-state index is 0.184. The Balaban J connectivity index is 1.58. The Kier molecular flexibility index (Phi) is 7.26. The highest BCUT2D eigenvalue weighted by atomic mass is 35.5. The number of aromatic nitrogens is 1. The lowest BCUT2D eigenvalue weighted by atomic mass is 10.0. The van der Waals surface area contributed by atoms with Crippen molar-refractivity contribution in [2.45, 2.75) is 12.5 Å². The van der Waals surface area contributed by atoms with Crippen molar-refractivity contribution < 1.29 is 9.59 Å². The van der Waals surface area contributed by atoms with Gasteiger partial charge < -0.3 is 15.2 Å². The van der Waals surface area contributed by atoms with Gasteiger partial charge in [0.15, 0.2) is 0 Å². The van der Waals surface area contributed by atoms with Crippen molar-refractivity contribution in [3.63, 3.8) is 0 Å². The van der Waals surface area contributed by atoms with Crippen molar-refractivity contribution in [2.75, 3.05) is 12.4 Å². The minimum Gasteiger partial charge on any atom is -0.349 e. The molecular weight excluding hydrogens is 460 g/mol. The van der Waals surface area contributed by atoms with Gasteiger partial charge in [-0.1, -0.05) is 41.6 Å². The molecule has 2 heterocycles. The van der Waals surface area contributed by atoms with E-state index in [1.54, 1.807) is 42.9 Å². The molecule has 7 nitrogen and oxygen atoms in total. The first-order chi connectivity index (χ1) is 16.0. The first kappa shape index (κ1) is 22.8. The molecule has 168 valence electrons. The van der Waals surface area contributed by atoms with Gasteiger partial charge in [-0.15, -0.1) is 0 Å². The Hall–Kier alpha value is -3.36. The van der Waals surface area contributed by atoms with Gasteiger partial charge in [-0.25, -0.2) is 4.99 Å². The number of thioether (sulfide) groups is 1. The minimum atomic E-state index is -0.833. The number of hydrogen-bond donors (Lipinski definition) is 2. The van der Waals surface area contributed by atoms with Crippen LogP contribution >= 0.6 is 23.4 Å². The molecule has 4 rings (SSSR count). The molecule has 0 bridgehead atoms. The van der Waals surface area contributed by atoms with Crippen LogP contribution < -0.4 is 10.9 Å². The molecule has 0 aliphatic carbocycles. The molecule has 1 amide bonds. The van der Waals surface area contributed by atoms with Gasteiger partial charge in [0.05, 0.1) is 12.2 Å². The molecule has 1 aliphatic heterocycles. The van der Waals surface area contributed by atoms with Gasteiger partial charge in [-0.2, -0.15) is 0 Å². The number of nitrogens with zero attached hydrogens (tertiary/aromatic N) is 2. The van der Waals surface area contributed by atoms with E-state index < -0.39 is 6.04 Å². The number of para-hydroxylation sites is 1. The van der Waals surface area contributed by atoms with E-state index in [0.717, 1.165) is 17.1 Å². The highest BCUT2D eigenvalue weighted by molar-refractivity contribution is 8.13. The smallest absolute Gasteiger partial charge is 0.251 e. The summed E-state index contributed by atoms with van der Waals surface area (Å²) in [7, 11) is 0. The summed E-state index contributed by atoms with van der Waals surface area (Å²) in [4.78, 5) is 47.0. The number of amides is 1. The molecule has 0 saturated carbocycles. The van der Waals surface area contributed by atoms with E-state index in [4.69, 9.17) is 11.6 Å². The van der Waals surface area contributed by atoms with E-state index in [2.05, 4.69) is 15.3 Å². The second kappa shape index (κ2) is 10.5. The number of pyridine rings is 1. The molecule has 1 aromatic heterocycles. The number of aromatic amines is 1. The van der Waals surface area contributed by atoms with Crippen molar-refractivity contribution in [1.29, 1.82) is 0 Å². The molecule has 1 aliphatic rings. The molecular formula is C24H21ClN4O3S. The number of aliphatic imine (C=N–C) groups is 1. The third-order valence-corrected chi connectivity index (χ3v) is 6.37. The summed E-state index contributed by atoms with van der Waals surface area (Å²) < 4.78 is 0. The topological polar surface area (TPSA) is 94.6 Å². The van der Waals surface area contributed by atoms with Crippen molar-refractivity contribution >= 4 is 51.6 Å². The molecule has 0 spiro atoms. The van der Waals surface area contributed by atoms with E-state index in [-0.39, 0.29) is 23.0 Å². The average Bonchev–Trinajstić information content (AvgIpc) is 2.83. The van der Waals surface area contributed by atoms with Crippen LogP contribution in [-0.4, -0.2) is 45.7 Å². The van der Waals surface area contributed by atoms with Gasteiger partial charge in [-0.3, -0.25) is 14.4 Å². The fourth-order valence-corrected chi connectivity index (χ4v) is 4.39.